The van der Waals surface area contributed by atoms with E-state index in [0.717, 1.165) is 68.6 Å². The van der Waals surface area contributed by atoms with Crippen molar-refractivity contribution in [3.05, 3.63) is 42.2 Å². The molecule has 1 amide bonds. The summed E-state index contributed by atoms with van der Waals surface area (Å²) in [5.74, 6) is 1.01. The van der Waals surface area contributed by atoms with Crippen molar-refractivity contribution in [2.75, 3.05) is 23.7 Å². The van der Waals surface area contributed by atoms with E-state index in [-0.39, 0.29) is 5.91 Å². The molecule has 3 aromatic rings. The topological polar surface area (TPSA) is 117 Å². The third kappa shape index (κ3) is 6.91. The Hall–Kier alpha value is -3.20. The number of carbonyl (C=O) groups is 1. The average molecular weight is 440 g/mol. The van der Waals surface area contributed by atoms with Gasteiger partial charge in [0.1, 0.15) is 0 Å². The molecule has 2 heterocycles. The minimum Gasteiger partial charge on any atom is -0.368 e. The molecule has 0 aliphatic rings. The molecule has 9 heteroatoms. The van der Waals surface area contributed by atoms with Crippen LogP contribution in [-0.2, 0) is 11.3 Å². The average Bonchev–Trinajstić information content (AvgIpc) is 3.21. The molecule has 0 aliphatic heterocycles. The molecule has 9 nitrogen and oxygen atoms in total. The van der Waals surface area contributed by atoms with E-state index in [9.17, 15) is 4.79 Å². The van der Waals surface area contributed by atoms with E-state index in [0.29, 0.717) is 18.9 Å². The van der Waals surface area contributed by atoms with Crippen molar-refractivity contribution in [1.29, 1.82) is 0 Å². The monoisotopic (exact) mass is 439 g/mol. The van der Waals surface area contributed by atoms with Crippen molar-refractivity contribution < 1.29 is 10.0 Å². The zero-order chi connectivity index (χ0) is 22.6. The fourth-order valence-corrected chi connectivity index (χ4v) is 3.45. The third-order valence-electron chi connectivity index (χ3n) is 5.22. The van der Waals surface area contributed by atoms with Crippen molar-refractivity contribution in [1.82, 2.24) is 25.0 Å². The summed E-state index contributed by atoms with van der Waals surface area (Å²) < 4.78 is 2.05. The molecule has 4 N–H and O–H groups in total. The second kappa shape index (κ2) is 12.6. The predicted molar refractivity (Wildman–Crippen MR) is 126 cm³/mol. The van der Waals surface area contributed by atoms with E-state index in [1.54, 1.807) is 5.48 Å². The van der Waals surface area contributed by atoms with Gasteiger partial charge in [0.25, 0.3) is 0 Å². The van der Waals surface area contributed by atoms with E-state index < -0.39 is 0 Å². The number of aromatic nitrogens is 4. The number of unbranched alkanes of at least 4 members (excludes halogenated alkanes) is 4. The number of carbonyl (C=O) groups excluding carboxylic acids is 1. The van der Waals surface area contributed by atoms with Crippen LogP contribution in [0.1, 0.15) is 57.4 Å². The van der Waals surface area contributed by atoms with Crippen LogP contribution in [-0.4, -0.2) is 43.7 Å². The van der Waals surface area contributed by atoms with Gasteiger partial charge in [-0.05, 0) is 24.8 Å². The molecule has 0 radical (unpaired) electrons. The molecular formula is C23H33N7O2. The first kappa shape index (κ1) is 23.5. The van der Waals surface area contributed by atoms with Gasteiger partial charge in [0, 0.05) is 19.5 Å². The minimum atomic E-state index is -0.333. The second-order valence-corrected chi connectivity index (χ2v) is 7.83. The van der Waals surface area contributed by atoms with Gasteiger partial charge in [-0.1, -0.05) is 56.5 Å². The molecule has 0 bridgehead atoms. The maximum absolute atomic E-state index is 11.1. The van der Waals surface area contributed by atoms with Gasteiger partial charge in [-0.15, -0.1) is 0 Å². The number of anilines is 2. The summed E-state index contributed by atoms with van der Waals surface area (Å²) in [5, 5.41) is 15.3. The molecule has 32 heavy (non-hydrogen) atoms. The van der Waals surface area contributed by atoms with Crippen LogP contribution in [0.25, 0.3) is 11.2 Å². The van der Waals surface area contributed by atoms with Gasteiger partial charge in [-0.25, -0.2) is 10.5 Å². The number of fused-ring (bicyclic) bond motifs is 1. The highest BCUT2D eigenvalue weighted by Gasteiger charge is 2.13. The normalized spacial score (nSPS) is 10.9. The lowest BCUT2D eigenvalue weighted by molar-refractivity contribution is -0.129. The first-order chi connectivity index (χ1) is 15.7. The number of nitrogens with one attached hydrogen (secondary N) is 3. The molecule has 0 atom stereocenters. The molecule has 0 saturated carbocycles. The molecule has 172 valence electrons. The fraction of sp³-hybridized carbons (Fsp3) is 0.478. The summed E-state index contributed by atoms with van der Waals surface area (Å²) in [5.41, 5.74) is 4.43. The number of benzene rings is 1. The van der Waals surface area contributed by atoms with E-state index in [2.05, 4.69) is 44.2 Å². The maximum atomic E-state index is 11.1. The third-order valence-corrected chi connectivity index (χ3v) is 5.22. The summed E-state index contributed by atoms with van der Waals surface area (Å²) >= 11 is 0. The van der Waals surface area contributed by atoms with Crippen LogP contribution in [0, 0.1) is 0 Å². The van der Waals surface area contributed by atoms with Crippen molar-refractivity contribution in [3.63, 3.8) is 0 Å². The van der Waals surface area contributed by atoms with Crippen LogP contribution in [0.4, 0.5) is 11.8 Å². The molecule has 0 saturated heterocycles. The number of hydrogen-bond donors (Lipinski definition) is 4. The Balaban J connectivity index is 1.66. The zero-order valence-corrected chi connectivity index (χ0v) is 18.7. The van der Waals surface area contributed by atoms with Crippen molar-refractivity contribution in [3.8, 4) is 0 Å². The first-order valence-electron chi connectivity index (χ1n) is 11.4. The highest BCUT2D eigenvalue weighted by molar-refractivity contribution is 5.84. The smallest absolute Gasteiger partial charge is 0.243 e. The lowest BCUT2D eigenvalue weighted by Crippen LogP contribution is -2.17. The molecule has 0 unspecified atom stereocenters. The Bertz CT molecular complexity index is 975. The van der Waals surface area contributed by atoms with E-state index in [1.807, 2.05) is 24.5 Å². The number of nitrogens with zero attached hydrogens (tertiary/aromatic N) is 4. The number of hydroxylamine groups is 1. The maximum Gasteiger partial charge on any atom is 0.243 e. The number of rotatable bonds is 14. The van der Waals surface area contributed by atoms with Gasteiger partial charge in [0.15, 0.2) is 17.0 Å². The molecule has 3 rings (SSSR count). The first-order valence-corrected chi connectivity index (χ1v) is 11.4. The largest absolute Gasteiger partial charge is 0.368 e. The Morgan fingerprint density at radius 3 is 2.56 bits per heavy atom. The standard InChI is InChI=1S/C23H33N7O2/c1-2-3-14-25-23-27-21(24-15-10-5-4-9-13-19(31)29-32)20-22(28-23)30(17-26-20)16-18-11-7-6-8-12-18/h6-8,11-12,17,32H,2-5,9-10,13-16H2,1H3,(H,29,31)(H2,24,25,27,28). The van der Waals surface area contributed by atoms with Crippen molar-refractivity contribution >= 4 is 28.8 Å². The fourth-order valence-electron chi connectivity index (χ4n) is 3.45. The van der Waals surface area contributed by atoms with Crippen LogP contribution >= 0.6 is 0 Å². The van der Waals surface area contributed by atoms with Crippen LogP contribution in [0.2, 0.25) is 0 Å². The Morgan fingerprint density at radius 1 is 1.00 bits per heavy atom. The molecular weight excluding hydrogens is 406 g/mol. The summed E-state index contributed by atoms with van der Waals surface area (Å²) in [6.07, 6.45) is 7.97. The second-order valence-electron chi connectivity index (χ2n) is 7.83. The van der Waals surface area contributed by atoms with Crippen molar-refractivity contribution in [2.45, 2.75) is 58.4 Å². The van der Waals surface area contributed by atoms with Gasteiger partial charge < -0.3 is 15.2 Å². The van der Waals surface area contributed by atoms with Crippen molar-refractivity contribution in [2.24, 2.45) is 0 Å². The Kier molecular flexibility index (Phi) is 9.24. The van der Waals surface area contributed by atoms with Crippen LogP contribution in [0.3, 0.4) is 0 Å². The molecule has 2 aromatic heterocycles. The molecule has 1 aromatic carbocycles. The molecule has 0 spiro atoms. The zero-order valence-electron chi connectivity index (χ0n) is 18.7. The number of hydrogen-bond acceptors (Lipinski definition) is 7. The SMILES string of the molecule is CCCCNc1nc(NCCCCCCC(=O)NO)c2ncn(Cc3ccccc3)c2n1. The van der Waals surface area contributed by atoms with E-state index >= 15 is 0 Å². The highest BCUT2D eigenvalue weighted by Crippen LogP contribution is 2.22. The lowest BCUT2D eigenvalue weighted by atomic mass is 10.1. The molecule has 0 fully saturated rings. The summed E-state index contributed by atoms with van der Waals surface area (Å²) in [7, 11) is 0. The molecule has 0 aliphatic carbocycles. The van der Waals surface area contributed by atoms with Gasteiger partial charge in [-0.3, -0.25) is 10.0 Å². The van der Waals surface area contributed by atoms with E-state index in [4.69, 9.17) is 10.2 Å². The van der Waals surface area contributed by atoms with Gasteiger partial charge in [0.2, 0.25) is 11.9 Å². The van der Waals surface area contributed by atoms with Crippen LogP contribution in [0.5, 0.6) is 0 Å². The van der Waals surface area contributed by atoms with Gasteiger partial charge >= 0.3 is 0 Å². The number of amides is 1. The Labute approximate surface area is 188 Å². The summed E-state index contributed by atoms with van der Waals surface area (Å²) in [6.45, 7) is 4.45. The van der Waals surface area contributed by atoms with Gasteiger partial charge in [0.05, 0.1) is 12.9 Å². The highest BCUT2D eigenvalue weighted by atomic mass is 16.5. The number of imidazole rings is 1. The van der Waals surface area contributed by atoms with Gasteiger partial charge in [-0.2, -0.15) is 9.97 Å². The van der Waals surface area contributed by atoms with Crippen LogP contribution in [0.15, 0.2) is 36.7 Å². The predicted octanol–water partition coefficient (Wildman–Crippen LogP) is 3.95. The quantitative estimate of drug-likeness (QED) is 0.171. The van der Waals surface area contributed by atoms with Crippen LogP contribution < -0.4 is 16.1 Å². The summed E-state index contributed by atoms with van der Waals surface area (Å²) in [4.78, 5) is 25.0. The Morgan fingerprint density at radius 2 is 1.78 bits per heavy atom. The minimum absolute atomic E-state index is 0.333. The lowest BCUT2D eigenvalue weighted by Gasteiger charge is -2.11. The van der Waals surface area contributed by atoms with E-state index in [1.165, 1.54) is 5.56 Å². The summed E-state index contributed by atoms with van der Waals surface area (Å²) in [6, 6.07) is 10.3.